The number of nitrogens with one attached hydrogen (secondary N) is 2. The number of hydrogen-bond donors (Lipinski definition) is 2. The van der Waals surface area contributed by atoms with E-state index in [1.54, 1.807) is 0 Å². The van der Waals surface area contributed by atoms with Crippen molar-refractivity contribution in [1.82, 2.24) is 15.5 Å². The van der Waals surface area contributed by atoms with E-state index >= 15 is 0 Å². The van der Waals surface area contributed by atoms with Gasteiger partial charge in [0.15, 0.2) is 5.96 Å². The first-order valence-electron chi connectivity index (χ1n) is 10.8. The van der Waals surface area contributed by atoms with E-state index in [4.69, 9.17) is 14.2 Å². The Kier molecular flexibility index (Phi) is 9.69. The number of nitrogens with zero attached hydrogens (tertiary/aromatic N) is 2. The fraction of sp³-hybridized carbons (Fsp3) is 0.762. The Hall–Kier alpha value is -1.19. The lowest BCUT2D eigenvalue weighted by molar-refractivity contribution is -0.0334. The van der Waals surface area contributed by atoms with Crippen molar-refractivity contribution < 1.29 is 14.2 Å². The first kappa shape index (κ1) is 22.5. The van der Waals surface area contributed by atoms with Gasteiger partial charge in [0.1, 0.15) is 0 Å². The van der Waals surface area contributed by atoms with Crippen molar-refractivity contribution >= 4 is 17.3 Å². The smallest absolute Gasteiger partial charge is 0.191 e. The van der Waals surface area contributed by atoms with Crippen LogP contribution in [0.5, 0.6) is 0 Å². The molecule has 2 aliphatic heterocycles. The molecule has 0 amide bonds. The number of morpholine rings is 1. The summed E-state index contributed by atoms with van der Waals surface area (Å²) in [7, 11) is 1.82. The Morgan fingerprint density at radius 3 is 3.07 bits per heavy atom. The number of hydrogen-bond acceptors (Lipinski definition) is 6. The third-order valence-corrected chi connectivity index (χ3v) is 6.38. The normalized spacial score (nSPS) is 24.6. The second kappa shape index (κ2) is 12.5. The second-order valence-corrected chi connectivity index (χ2v) is 8.72. The summed E-state index contributed by atoms with van der Waals surface area (Å²) in [4.78, 5) is 8.28. The summed E-state index contributed by atoms with van der Waals surface area (Å²) in [5.74, 6) is 1.42. The van der Waals surface area contributed by atoms with Crippen molar-refractivity contribution in [3.63, 3.8) is 0 Å². The maximum Gasteiger partial charge on any atom is 0.191 e. The van der Waals surface area contributed by atoms with Gasteiger partial charge in [-0.15, -0.1) is 11.3 Å². The maximum absolute atomic E-state index is 5.77. The van der Waals surface area contributed by atoms with Gasteiger partial charge in [0.25, 0.3) is 0 Å². The molecular weight excluding hydrogens is 388 g/mol. The quantitative estimate of drug-likeness (QED) is 0.341. The molecule has 3 rings (SSSR count). The Bertz CT molecular complexity index is 593. The van der Waals surface area contributed by atoms with Crippen LogP contribution in [-0.2, 0) is 14.2 Å². The van der Waals surface area contributed by atoms with E-state index in [9.17, 15) is 0 Å². The zero-order chi connectivity index (χ0) is 20.3. The molecule has 0 radical (unpaired) electrons. The minimum atomic E-state index is 0.277. The molecule has 1 aromatic heterocycles. The molecule has 1 aromatic rings. The van der Waals surface area contributed by atoms with Crippen LogP contribution >= 0.6 is 11.3 Å². The van der Waals surface area contributed by atoms with Crippen LogP contribution in [0.3, 0.4) is 0 Å². The molecule has 2 aliphatic rings. The average Bonchev–Trinajstić information content (AvgIpc) is 3.43. The summed E-state index contributed by atoms with van der Waals surface area (Å²) in [6.07, 6.45) is 2.37. The summed E-state index contributed by atoms with van der Waals surface area (Å²) in [6.45, 7) is 9.84. The SMILES string of the molecule is CN=C(NCCCOCC1CCOC1)NCC(c1cccs1)N1CCOC(C)C1. The fourth-order valence-electron chi connectivity index (χ4n) is 3.78. The maximum atomic E-state index is 5.77. The number of ether oxygens (including phenoxy) is 3. The summed E-state index contributed by atoms with van der Waals surface area (Å²) in [5, 5.41) is 9.07. The molecule has 0 spiro atoms. The van der Waals surface area contributed by atoms with Crippen LogP contribution in [0.2, 0.25) is 0 Å². The molecule has 8 heteroatoms. The van der Waals surface area contributed by atoms with Gasteiger partial charge >= 0.3 is 0 Å². The Balaban J connectivity index is 1.38. The first-order chi connectivity index (χ1) is 14.3. The lowest BCUT2D eigenvalue weighted by Gasteiger charge is -2.37. The van der Waals surface area contributed by atoms with E-state index in [-0.39, 0.29) is 6.10 Å². The Labute approximate surface area is 178 Å². The van der Waals surface area contributed by atoms with Crippen LogP contribution in [-0.4, -0.2) is 83.2 Å². The second-order valence-electron chi connectivity index (χ2n) is 7.75. The summed E-state index contributed by atoms with van der Waals surface area (Å²) in [6, 6.07) is 4.68. The van der Waals surface area contributed by atoms with Gasteiger partial charge < -0.3 is 24.8 Å². The van der Waals surface area contributed by atoms with E-state index in [0.717, 1.165) is 78.0 Å². The highest BCUT2D eigenvalue weighted by Crippen LogP contribution is 2.26. The molecule has 3 unspecified atom stereocenters. The van der Waals surface area contributed by atoms with Crippen LogP contribution in [0.1, 0.15) is 30.7 Å². The molecular formula is C21H36N4O3S. The molecule has 3 atom stereocenters. The van der Waals surface area contributed by atoms with Gasteiger partial charge in [-0.3, -0.25) is 9.89 Å². The van der Waals surface area contributed by atoms with Gasteiger partial charge in [-0.05, 0) is 31.2 Å². The van der Waals surface area contributed by atoms with Gasteiger partial charge in [0, 0.05) is 57.2 Å². The van der Waals surface area contributed by atoms with E-state index in [1.165, 1.54) is 4.88 Å². The van der Waals surface area contributed by atoms with Gasteiger partial charge in [-0.2, -0.15) is 0 Å². The average molecular weight is 425 g/mol. The van der Waals surface area contributed by atoms with Crippen molar-refractivity contribution in [2.24, 2.45) is 10.9 Å². The standard InChI is InChI=1S/C21H36N4O3S/c1-17-14-25(8-11-28-17)19(20-5-3-12-29-20)13-24-21(22-2)23-7-4-9-26-15-18-6-10-27-16-18/h3,5,12,17-19H,4,6-11,13-16H2,1-2H3,(H2,22,23,24). The van der Waals surface area contributed by atoms with Crippen molar-refractivity contribution in [3.05, 3.63) is 22.4 Å². The zero-order valence-electron chi connectivity index (χ0n) is 17.8. The Morgan fingerprint density at radius 2 is 2.34 bits per heavy atom. The van der Waals surface area contributed by atoms with Crippen LogP contribution in [0, 0.1) is 5.92 Å². The van der Waals surface area contributed by atoms with Crippen molar-refractivity contribution in [2.75, 3.05) is 66.3 Å². The third-order valence-electron chi connectivity index (χ3n) is 5.41. The predicted octanol–water partition coefficient (Wildman–Crippen LogP) is 2.12. The highest BCUT2D eigenvalue weighted by atomic mass is 32.1. The molecule has 7 nitrogen and oxygen atoms in total. The number of guanidine groups is 1. The monoisotopic (exact) mass is 424 g/mol. The lowest BCUT2D eigenvalue weighted by Crippen LogP contribution is -2.48. The largest absolute Gasteiger partial charge is 0.381 e. The van der Waals surface area contributed by atoms with E-state index in [2.05, 4.69) is 45.0 Å². The predicted molar refractivity (Wildman–Crippen MR) is 118 cm³/mol. The Morgan fingerprint density at radius 1 is 1.41 bits per heavy atom. The molecule has 0 aromatic carbocycles. The zero-order valence-corrected chi connectivity index (χ0v) is 18.6. The first-order valence-corrected chi connectivity index (χ1v) is 11.6. The van der Waals surface area contributed by atoms with Gasteiger partial charge in [-0.25, -0.2) is 0 Å². The third kappa shape index (κ3) is 7.53. The molecule has 29 heavy (non-hydrogen) atoms. The molecule has 2 N–H and O–H groups in total. The van der Waals surface area contributed by atoms with Crippen molar-refractivity contribution in [2.45, 2.75) is 31.9 Å². The molecule has 2 fully saturated rings. The molecule has 2 saturated heterocycles. The van der Waals surface area contributed by atoms with Crippen LogP contribution in [0.15, 0.2) is 22.5 Å². The minimum Gasteiger partial charge on any atom is -0.381 e. The molecule has 0 saturated carbocycles. The van der Waals surface area contributed by atoms with Gasteiger partial charge in [0.2, 0.25) is 0 Å². The summed E-state index contributed by atoms with van der Waals surface area (Å²) in [5.41, 5.74) is 0. The number of thiophene rings is 1. The summed E-state index contributed by atoms with van der Waals surface area (Å²) < 4.78 is 16.9. The van der Waals surface area contributed by atoms with Crippen LogP contribution < -0.4 is 10.6 Å². The molecule has 0 aliphatic carbocycles. The molecule has 3 heterocycles. The van der Waals surface area contributed by atoms with E-state index in [0.29, 0.717) is 12.0 Å². The highest BCUT2D eigenvalue weighted by molar-refractivity contribution is 7.10. The van der Waals surface area contributed by atoms with Crippen molar-refractivity contribution in [1.29, 1.82) is 0 Å². The fourth-order valence-corrected chi connectivity index (χ4v) is 4.64. The molecule has 164 valence electrons. The van der Waals surface area contributed by atoms with E-state index < -0.39 is 0 Å². The van der Waals surface area contributed by atoms with Crippen LogP contribution in [0.4, 0.5) is 0 Å². The summed E-state index contributed by atoms with van der Waals surface area (Å²) >= 11 is 1.81. The number of rotatable bonds is 10. The topological polar surface area (TPSA) is 67.4 Å². The van der Waals surface area contributed by atoms with Crippen molar-refractivity contribution in [3.8, 4) is 0 Å². The van der Waals surface area contributed by atoms with Gasteiger partial charge in [-0.1, -0.05) is 6.07 Å². The van der Waals surface area contributed by atoms with Gasteiger partial charge in [0.05, 0.1) is 32.0 Å². The lowest BCUT2D eigenvalue weighted by atomic mass is 10.1. The number of aliphatic imine (C=N–C) groups is 1. The molecule has 0 bridgehead atoms. The van der Waals surface area contributed by atoms with Crippen LogP contribution in [0.25, 0.3) is 0 Å². The minimum absolute atomic E-state index is 0.277. The van der Waals surface area contributed by atoms with E-state index in [1.807, 2.05) is 18.4 Å². The highest BCUT2D eigenvalue weighted by Gasteiger charge is 2.26.